The molecular weight excluding hydrogens is 307 g/mol. The molecule has 0 bridgehead atoms. The lowest BCUT2D eigenvalue weighted by Crippen LogP contribution is -2.41. The first-order valence-electron chi connectivity index (χ1n) is 10.8. The highest BCUT2D eigenvalue weighted by Gasteiger charge is 2.53. The van der Waals surface area contributed by atoms with Crippen molar-refractivity contribution in [1.29, 1.82) is 0 Å². The summed E-state index contributed by atoms with van der Waals surface area (Å²) in [7, 11) is -0.119. The number of rotatable bonds is 4. The molecule has 1 saturated carbocycles. The summed E-state index contributed by atoms with van der Waals surface area (Å²) in [6.07, 6.45) is 12.5. The predicted octanol–water partition coefficient (Wildman–Crippen LogP) is 6.34. The monoisotopic (exact) mass is 346 g/mol. The highest BCUT2D eigenvalue weighted by molar-refractivity contribution is 6.54. The van der Waals surface area contributed by atoms with Crippen molar-refractivity contribution in [3.8, 4) is 0 Å². The molecule has 0 aromatic carbocycles. The molecule has 2 aliphatic carbocycles. The first-order chi connectivity index (χ1) is 11.7. The maximum atomic E-state index is 6.32. The number of hydrogen-bond acceptors (Lipinski definition) is 2. The third-order valence-corrected chi connectivity index (χ3v) is 7.69. The minimum atomic E-state index is -0.223. The summed E-state index contributed by atoms with van der Waals surface area (Å²) in [5.74, 6) is 2.87. The Morgan fingerprint density at radius 1 is 0.920 bits per heavy atom. The fourth-order valence-corrected chi connectivity index (χ4v) is 5.24. The summed E-state index contributed by atoms with van der Waals surface area (Å²) in [5.41, 5.74) is 2.54. The molecule has 1 saturated heterocycles. The number of hydrogen-bond donors (Lipinski definition) is 0. The highest BCUT2D eigenvalue weighted by atomic mass is 16.7. The van der Waals surface area contributed by atoms with Gasteiger partial charge >= 0.3 is 7.12 Å². The molecule has 2 fully saturated rings. The standard InChI is InChI=1S/C22H39BO2/c1-7-8-17-9-11-18(12-10-17)19-13-14-20(16(2)15-19)23-24-21(3,4)22(5,6)25-23/h17-19H,7-15H2,1-6H3/t17-,18-,19?. The molecule has 2 nitrogen and oxygen atoms in total. The van der Waals surface area contributed by atoms with E-state index < -0.39 is 0 Å². The van der Waals surface area contributed by atoms with Gasteiger partial charge in [-0.2, -0.15) is 0 Å². The molecule has 1 unspecified atom stereocenters. The largest absolute Gasteiger partial charge is 0.490 e. The maximum Gasteiger partial charge on any atom is 0.490 e. The Balaban J connectivity index is 1.59. The Hall–Kier alpha value is -0.275. The lowest BCUT2D eigenvalue weighted by molar-refractivity contribution is 0.00578. The normalized spacial score (nSPS) is 35.3. The van der Waals surface area contributed by atoms with E-state index in [1.165, 1.54) is 63.3 Å². The zero-order valence-corrected chi connectivity index (χ0v) is 17.5. The lowest BCUT2D eigenvalue weighted by Gasteiger charge is -2.37. The van der Waals surface area contributed by atoms with Gasteiger partial charge in [0.05, 0.1) is 11.2 Å². The summed E-state index contributed by atoms with van der Waals surface area (Å²) in [5, 5.41) is 0. The van der Waals surface area contributed by atoms with Gasteiger partial charge in [0.15, 0.2) is 0 Å². The van der Waals surface area contributed by atoms with Gasteiger partial charge in [-0.3, -0.25) is 0 Å². The second-order valence-corrected chi connectivity index (χ2v) is 9.97. The van der Waals surface area contributed by atoms with E-state index in [9.17, 15) is 0 Å². The van der Waals surface area contributed by atoms with E-state index in [1.807, 2.05) is 0 Å². The van der Waals surface area contributed by atoms with E-state index >= 15 is 0 Å². The average Bonchev–Trinajstić information content (AvgIpc) is 2.76. The van der Waals surface area contributed by atoms with Gasteiger partial charge in [-0.1, -0.05) is 38.2 Å². The minimum Gasteiger partial charge on any atom is -0.400 e. The smallest absolute Gasteiger partial charge is 0.400 e. The SMILES string of the molecule is CCC[C@H]1CC[C@H](C2CCC(B3OC(C)(C)C(C)(C)O3)=C(C)C2)CC1. The van der Waals surface area contributed by atoms with Crippen molar-refractivity contribution < 1.29 is 9.31 Å². The number of allylic oxidation sites excluding steroid dienone is 2. The molecule has 142 valence electrons. The molecule has 0 N–H and O–H groups in total. The maximum absolute atomic E-state index is 6.32. The van der Waals surface area contributed by atoms with Crippen LogP contribution in [0.15, 0.2) is 11.0 Å². The Labute approximate surface area is 156 Å². The van der Waals surface area contributed by atoms with Crippen LogP contribution in [-0.2, 0) is 9.31 Å². The molecule has 25 heavy (non-hydrogen) atoms. The van der Waals surface area contributed by atoms with E-state index in [4.69, 9.17) is 9.31 Å². The van der Waals surface area contributed by atoms with Crippen molar-refractivity contribution in [3.05, 3.63) is 11.0 Å². The Kier molecular flexibility index (Phi) is 5.76. The lowest BCUT2D eigenvalue weighted by atomic mass is 9.63. The molecule has 1 heterocycles. The van der Waals surface area contributed by atoms with Gasteiger partial charge in [-0.25, -0.2) is 0 Å². The van der Waals surface area contributed by atoms with Crippen LogP contribution in [0.1, 0.15) is 99.3 Å². The molecule has 0 radical (unpaired) electrons. The summed E-state index contributed by atoms with van der Waals surface area (Å²) in [6.45, 7) is 13.3. The van der Waals surface area contributed by atoms with Crippen molar-refractivity contribution in [2.45, 2.75) is 111 Å². The van der Waals surface area contributed by atoms with Crippen molar-refractivity contribution in [2.75, 3.05) is 0 Å². The van der Waals surface area contributed by atoms with Crippen LogP contribution in [0.25, 0.3) is 0 Å². The van der Waals surface area contributed by atoms with Gasteiger partial charge in [0, 0.05) is 0 Å². The summed E-state index contributed by atoms with van der Waals surface area (Å²) >= 11 is 0. The zero-order chi connectivity index (χ0) is 18.2. The van der Waals surface area contributed by atoms with Crippen LogP contribution in [0.2, 0.25) is 0 Å². The van der Waals surface area contributed by atoms with Crippen molar-refractivity contribution in [3.63, 3.8) is 0 Å². The molecule has 0 aromatic heterocycles. The molecule has 3 heteroatoms. The summed E-state index contributed by atoms with van der Waals surface area (Å²) in [6, 6.07) is 0. The third-order valence-electron chi connectivity index (χ3n) is 7.69. The minimum absolute atomic E-state index is 0.119. The van der Waals surface area contributed by atoms with Crippen LogP contribution < -0.4 is 0 Å². The van der Waals surface area contributed by atoms with Crippen LogP contribution >= 0.6 is 0 Å². The molecule has 0 spiro atoms. The Morgan fingerprint density at radius 3 is 2.04 bits per heavy atom. The fraction of sp³-hybridized carbons (Fsp3) is 0.909. The highest BCUT2D eigenvalue weighted by Crippen LogP contribution is 2.45. The van der Waals surface area contributed by atoms with Crippen LogP contribution in [0.4, 0.5) is 0 Å². The van der Waals surface area contributed by atoms with E-state index in [0.29, 0.717) is 0 Å². The van der Waals surface area contributed by atoms with E-state index in [2.05, 4.69) is 41.5 Å². The molecule has 0 amide bonds. The first-order valence-corrected chi connectivity index (χ1v) is 10.8. The van der Waals surface area contributed by atoms with E-state index in [-0.39, 0.29) is 18.3 Å². The van der Waals surface area contributed by atoms with Crippen molar-refractivity contribution in [2.24, 2.45) is 17.8 Å². The second kappa shape index (κ2) is 7.39. The second-order valence-electron chi connectivity index (χ2n) is 9.97. The molecule has 0 aromatic rings. The molecular formula is C22H39BO2. The predicted molar refractivity (Wildman–Crippen MR) is 106 cm³/mol. The molecule has 1 atom stereocenters. The molecule has 3 rings (SSSR count). The van der Waals surface area contributed by atoms with Gasteiger partial charge in [-0.05, 0) is 89.9 Å². The topological polar surface area (TPSA) is 18.5 Å². The summed E-state index contributed by atoms with van der Waals surface area (Å²) in [4.78, 5) is 0. The molecule has 1 aliphatic heterocycles. The van der Waals surface area contributed by atoms with Gasteiger partial charge < -0.3 is 9.31 Å². The quantitative estimate of drug-likeness (QED) is 0.553. The first kappa shape index (κ1) is 19.5. The third kappa shape index (κ3) is 4.03. The van der Waals surface area contributed by atoms with Gasteiger partial charge in [0.1, 0.15) is 0 Å². The van der Waals surface area contributed by atoms with Crippen LogP contribution in [0, 0.1) is 17.8 Å². The Bertz CT molecular complexity index is 484. The van der Waals surface area contributed by atoms with Gasteiger partial charge in [0.2, 0.25) is 0 Å². The van der Waals surface area contributed by atoms with Gasteiger partial charge in [-0.15, -0.1) is 0 Å². The fourth-order valence-electron chi connectivity index (χ4n) is 5.24. The van der Waals surface area contributed by atoms with Crippen molar-refractivity contribution in [1.82, 2.24) is 0 Å². The molecule has 3 aliphatic rings. The van der Waals surface area contributed by atoms with Crippen LogP contribution in [-0.4, -0.2) is 18.3 Å². The van der Waals surface area contributed by atoms with E-state index in [1.54, 1.807) is 5.57 Å². The van der Waals surface area contributed by atoms with Gasteiger partial charge in [0.25, 0.3) is 0 Å². The van der Waals surface area contributed by atoms with Crippen LogP contribution in [0.3, 0.4) is 0 Å². The Morgan fingerprint density at radius 2 is 1.52 bits per heavy atom. The van der Waals surface area contributed by atoms with Crippen LogP contribution in [0.5, 0.6) is 0 Å². The summed E-state index contributed by atoms with van der Waals surface area (Å²) < 4.78 is 12.6. The van der Waals surface area contributed by atoms with E-state index in [0.717, 1.165) is 17.8 Å². The zero-order valence-electron chi connectivity index (χ0n) is 17.5. The average molecular weight is 346 g/mol. The van der Waals surface area contributed by atoms with Crippen molar-refractivity contribution >= 4 is 7.12 Å².